The SMILES string of the molecule is C[C@]1(c2ccccc2Cl)NC(=O)N(CC(=O)c2cccc(F)c2)C1=O. The first-order valence-electron chi connectivity index (χ1n) is 7.51. The Morgan fingerprint density at radius 1 is 1.20 bits per heavy atom. The molecule has 3 rings (SSSR count). The molecule has 0 unspecified atom stereocenters. The van der Waals surface area contributed by atoms with Gasteiger partial charge in [0.05, 0.1) is 6.54 Å². The highest BCUT2D eigenvalue weighted by Gasteiger charge is 2.50. The zero-order chi connectivity index (χ0) is 18.2. The second-order valence-corrected chi connectivity index (χ2v) is 6.27. The minimum absolute atomic E-state index is 0.0898. The molecule has 1 aliphatic rings. The molecule has 0 aromatic heterocycles. The summed E-state index contributed by atoms with van der Waals surface area (Å²) in [6.07, 6.45) is 0. The molecule has 0 spiro atoms. The number of hydrogen-bond acceptors (Lipinski definition) is 3. The van der Waals surface area contributed by atoms with Gasteiger partial charge in [-0.3, -0.25) is 14.5 Å². The van der Waals surface area contributed by atoms with Gasteiger partial charge >= 0.3 is 6.03 Å². The van der Waals surface area contributed by atoms with E-state index in [0.29, 0.717) is 10.6 Å². The molecule has 1 aliphatic heterocycles. The Labute approximate surface area is 148 Å². The standard InChI is InChI=1S/C18H14ClFN2O3/c1-18(13-7-2-3-8-14(13)19)16(24)22(17(25)21-18)10-15(23)11-5-4-6-12(20)9-11/h2-9H,10H2,1H3,(H,21,25)/t18-/m1/s1. The third-order valence-electron chi connectivity index (χ3n) is 4.14. The van der Waals surface area contributed by atoms with E-state index in [1.165, 1.54) is 25.1 Å². The Kier molecular flexibility index (Phi) is 4.30. The fourth-order valence-electron chi connectivity index (χ4n) is 2.79. The number of carbonyl (C=O) groups is 3. The van der Waals surface area contributed by atoms with Gasteiger partial charge in [-0.25, -0.2) is 9.18 Å². The van der Waals surface area contributed by atoms with Gasteiger partial charge in [-0.05, 0) is 25.1 Å². The van der Waals surface area contributed by atoms with Crippen LogP contribution in [0, 0.1) is 5.82 Å². The van der Waals surface area contributed by atoms with Crippen LogP contribution in [0.5, 0.6) is 0 Å². The first-order valence-corrected chi connectivity index (χ1v) is 7.88. The van der Waals surface area contributed by atoms with E-state index < -0.39 is 35.6 Å². The van der Waals surface area contributed by atoms with E-state index in [2.05, 4.69) is 5.32 Å². The van der Waals surface area contributed by atoms with Gasteiger partial charge in [0.2, 0.25) is 0 Å². The molecule has 1 N–H and O–H groups in total. The van der Waals surface area contributed by atoms with Gasteiger partial charge in [0, 0.05) is 16.1 Å². The number of nitrogens with one attached hydrogen (secondary N) is 1. The van der Waals surface area contributed by atoms with Crippen LogP contribution in [0.4, 0.5) is 9.18 Å². The van der Waals surface area contributed by atoms with Crippen molar-refractivity contribution >= 4 is 29.3 Å². The highest BCUT2D eigenvalue weighted by molar-refractivity contribution is 6.32. The maximum absolute atomic E-state index is 13.3. The van der Waals surface area contributed by atoms with Gasteiger partial charge in [-0.15, -0.1) is 0 Å². The molecular formula is C18H14ClFN2O3. The Morgan fingerprint density at radius 3 is 2.60 bits per heavy atom. The van der Waals surface area contributed by atoms with Gasteiger partial charge < -0.3 is 5.32 Å². The number of urea groups is 1. The van der Waals surface area contributed by atoms with Gasteiger partial charge in [0.15, 0.2) is 5.78 Å². The average Bonchev–Trinajstić information content (AvgIpc) is 2.79. The molecule has 1 atom stereocenters. The average molecular weight is 361 g/mol. The van der Waals surface area contributed by atoms with E-state index in [-0.39, 0.29) is 5.56 Å². The summed E-state index contributed by atoms with van der Waals surface area (Å²) in [7, 11) is 0. The van der Waals surface area contributed by atoms with E-state index in [4.69, 9.17) is 11.6 Å². The lowest BCUT2D eigenvalue weighted by Gasteiger charge is -2.23. The van der Waals surface area contributed by atoms with Crippen LogP contribution in [0.3, 0.4) is 0 Å². The molecule has 0 aliphatic carbocycles. The molecule has 2 aromatic rings. The summed E-state index contributed by atoms with van der Waals surface area (Å²) >= 11 is 6.14. The van der Waals surface area contributed by atoms with Crippen molar-refractivity contribution in [3.8, 4) is 0 Å². The zero-order valence-electron chi connectivity index (χ0n) is 13.3. The fraction of sp³-hybridized carbons (Fsp3) is 0.167. The first kappa shape index (κ1) is 17.1. The summed E-state index contributed by atoms with van der Waals surface area (Å²) in [5, 5.41) is 2.91. The summed E-state index contributed by atoms with van der Waals surface area (Å²) in [6.45, 7) is 1.05. The van der Waals surface area contributed by atoms with Crippen LogP contribution < -0.4 is 5.32 Å². The predicted molar refractivity (Wildman–Crippen MR) is 89.8 cm³/mol. The number of rotatable bonds is 4. The highest BCUT2D eigenvalue weighted by Crippen LogP contribution is 2.33. The topological polar surface area (TPSA) is 66.5 Å². The number of Topliss-reactive ketones (excluding diaryl/α,β-unsaturated/α-hetero) is 1. The molecule has 7 heteroatoms. The molecule has 0 saturated carbocycles. The number of halogens is 2. The number of imide groups is 1. The van der Waals surface area contributed by atoms with Gasteiger partial charge in [0.25, 0.3) is 5.91 Å². The summed E-state index contributed by atoms with van der Waals surface area (Å²) < 4.78 is 13.3. The van der Waals surface area contributed by atoms with Crippen LogP contribution in [-0.2, 0) is 10.3 Å². The number of carbonyl (C=O) groups excluding carboxylic acids is 3. The van der Waals surface area contributed by atoms with Crippen LogP contribution in [0.1, 0.15) is 22.8 Å². The second-order valence-electron chi connectivity index (χ2n) is 5.86. The van der Waals surface area contributed by atoms with E-state index in [9.17, 15) is 18.8 Å². The first-order chi connectivity index (χ1) is 11.8. The summed E-state index contributed by atoms with van der Waals surface area (Å²) in [5.41, 5.74) is -0.833. The Balaban J connectivity index is 1.87. The highest BCUT2D eigenvalue weighted by atomic mass is 35.5. The molecule has 0 bridgehead atoms. The largest absolute Gasteiger partial charge is 0.325 e. The van der Waals surface area contributed by atoms with Crippen molar-refractivity contribution in [1.29, 1.82) is 0 Å². The molecule has 0 radical (unpaired) electrons. The third-order valence-corrected chi connectivity index (χ3v) is 4.47. The molecule has 2 aromatic carbocycles. The van der Waals surface area contributed by atoms with Crippen LogP contribution in [0.2, 0.25) is 5.02 Å². The lowest BCUT2D eigenvalue weighted by atomic mass is 9.92. The summed E-state index contributed by atoms with van der Waals surface area (Å²) in [6, 6.07) is 11.1. The molecular weight excluding hydrogens is 347 g/mol. The van der Waals surface area contributed by atoms with Crippen LogP contribution in [0.15, 0.2) is 48.5 Å². The van der Waals surface area contributed by atoms with Crippen molar-refractivity contribution in [3.63, 3.8) is 0 Å². The monoisotopic (exact) mass is 360 g/mol. The Hall–Kier alpha value is -2.73. The van der Waals surface area contributed by atoms with E-state index in [1.807, 2.05) is 0 Å². The minimum Gasteiger partial charge on any atom is -0.319 e. The summed E-state index contributed by atoms with van der Waals surface area (Å²) in [5.74, 6) is -1.69. The zero-order valence-corrected chi connectivity index (χ0v) is 14.0. The fourth-order valence-corrected chi connectivity index (χ4v) is 3.11. The van der Waals surface area contributed by atoms with Crippen LogP contribution in [-0.4, -0.2) is 29.2 Å². The number of nitrogens with zero attached hydrogens (tertiary/aromatic N) is 1. The van der Waals surface area contributed by atoms with Gasteiger partial charge in [-0.2, -0.15) is 0 Å². The minimum atomic E-state index is -1.36. The van der Waals surface area contributed by atoms with Gasteiger partial charge in [0.1, 0.15) is 11.4 Å². The van der Waals surface area contributed by atoms with Crippen molar-refractivity contribution < 1.29 is 18.8 Å². The predicted octanol–water partition coefficient (Wildman–Crippen LogP) is 3.13. The maximum Gasteiger partial charge on any atom is 0.325 e. The third kappa shape index (κ3) is 3.00. The molecule has 5 nitrogen and oxygen atoms in total. The smallest absolute Gasteiger partial charge is 0.319 e. The maximum atomic E-state index is 13.3. The van der Waals surface area contributed by atoms with E-state index in [0.717, 1.165) is 11.0 Å². The van der Waals surface area contributed by atoms with E-state index in [1.54, 1.807) is 24.3 Å². The number of hydrogen-bond donors (Lipinski definition) is 1. The summed E-state index contributed by atoms with van der Waals surface area (Å²) in [4.78, 5) is 38.1. The molecule has 25 heavy (non-hydrogen) atoms. The number of amides is 3. The molecule has 1 saturated heterocycles. The quantitative estimate of drug-likeness (QED) is 0.673. The number of benzene rings is 2. The van der Waals surface area contributed by atoms with Crippen molar-refractivity contribution in [3.05, 3.63) is 70.5 Å². The molecule has 128 valence electrons. The lowest BCUT2D eigenvalue weighted by molar-refractivity contribution is -0.130. The Morgan fingerprint density at radius 2 is 1.92 bits per heavy atom. The molecule has 1 fully saturated rings. The van der Waals surface area contributed by atoms with Gasteiger partial charge in [-0.1, -0.05) is 41.9 Å². The van der Waals surface area contributed by atoms with Crippen LogP contribution >= 0.6 is 11.6 Å². The second kappa shape index (κ2) is 6.29. The van der Waals surface area contributed by atoms with Crippen LogP contribution in [0.25, 0.3) is 0 Å². The van der Waals surface area contributed by atoms with E-state index >= 15 is 0 Å². The molecule has 1 heterocycles. The van der Waals surface area contributed by atoms with Crippen molar-refractivity contribution in [2.45, 2.75) is 12.5 Å². The lowest BCUT2D eigenvalue weighted by Crippen LogP contribution is -2.41. The Bertz CT molecular complexity index is 886. The normalized spacial score (nSPS) is 19.9. The number of ketones is 1. The van der Waals surface area contributed by atoms with Crippen molar-refractivity contribution in [2.24, 2.45) is 0 Å². The molecule has 3 amide bonds. The van der Waals surface area contributed by atoms with Crippen molar-refractivity contribution in [1.82, 2.24) is 10.2 Å². The van der Waals surface area contributed by atoms with Crippen molar-refractivity contribution in [2.75, 3.05) is 6.54 Å².